The van der Waals surface area contributed by atoms with Gasteiger partial charge in [-0.2, -0.15) is 13.2 Å². The van der Waals surface area contributed by atoms with E-state index >= 15 is 0 Å². The first kappa shape index (κ1) is 11.5. The molecular weight excluding hydrogens is 214 g/mol. The van der Waals surface area contributed by atoms with Crippen LogP contribution in [0.25, 0.3) is 0 Å². The molecular formula is C9H7F4NO. The van der Waals surface area contributed by atoms with E-state index in [2.05, 4.69) is 0 Å². The molecule has 1 rings (SSSR count). The third-order valence-electron chi connectivity index (χ3n) is 1.88. The molecule has 1 aromatic carbocycles. The van der Waals surface area contributed by atoms with Crippen molar-refractivity contribution in [1.29, 1.82) is 0 Å². The molecule has 0 fully saturated rings. The molecule has 0 aliphatic carbocycles. The van der Waals surface area contributed by atoms with E-state index in [0.29, 0.717) is 12.1 Å². The topological polar surface area (TPSA) is 43.1 Å². The van der Waals surface area contributed by atoms with Gasteiger partial charge in [-0.1, -0.05) is 0 Å². The molecule has 0 saturated carbocycles. The van der Waals surface area contributed by atoms with Gasteiger partial charge in [0.25, 0.3) is 5.91 Å². The van der Waals surface area contributed by atoms with E-state index < -0.39 is 29.0 Å². The molecule has 6 heteroatoms. The van der Waals surface area contributed by atoms with Crippen molar-refractivity contribution in [3.8, 4) is 0 Å². The summed E-state index contributed by atoms with van der Waals surface area (Å²) in [5.41, 5.74) is 2.63. The van der Waals surface area contributed by atoms with Crippen molar-refractivity contribution in [3.63, 3.8) is 0 Å². The number of aryl methyl sites for hydroxylation is 1. The largest absolute Gasteiger partial charge is 0.416 e. The highest BCUT2D eigenvalue weighted by molar-refractivity contribution is 5.93. The first-order valence-corrected chi connectivity index (χ1v) is 3.90. The second-order valence-corrected chi connectivity index (χ2v) is 3.01. The van der Waals surface area contributed by atoms with Gasteiger partial charge < -0.3 is 5.73 Å². The van der Waals surface area contributed by atoms with Crippen LogP contribution in [0.4, 0.5) is 17.6 Å². The number of carbonyl (C=O) groups is 1. The first-order valence-electron chi connectivity index (χ1n) is 3.90. The molecule has 0 atom stereocenters. The average molecular weight is 221 g/mol. The molecule has 2 N–H and O–H groups in total. The lowest BCUT2D eigenvalue weighted by Crippen LogP contribution is -2.16. The number of benzene rings is 1. The lowest BCUT2D eigenvalue weighted by Gasteiger charge is -2.11. The molecule has 0 aromatic heterocycles. The maximum absolute atomic E-state index is 13.0. The number of carbonyl (C=O) groups excluding carboxylic acids is 1. The first-order chi connectivity index (χ1) is 6.73. The van der Waals surface area contributed by atoms with Crippen molar-refractivity contribution < 1.29 is 22.4 Å². The predicted octanol–water partition coefficient (Wildman–Crippen LogP) is 2.25. The summed E-state index contributed by atoms with van der Waals surface area (Å²) >= 11 is 0. The Morgan fingerprint density at radius 2 is 1.87 bits per heavy atom. The Kier molecular flexibility index (Phi) is 2.70. The third-order valence-corrected chi connectivity index (χ3v) is 1.88. The summed E-state index contributed by atoms with van der Waals surface area (Å²) < 4.78 is 50.0. The highest BCUT2D eigenvalue weighted by Crippen LogP contribution is 2.33. The average Bonchev–Trinajstić information content (AvgIpc) is 2.00. The van der Waals surface area contributed by atoms with Crippen LogP contribution in [0.5, 0.6) is 0 Å². The molecule has 0 radical (unpaired) electrons. The maximum Gasteiger partial charge on any atom is 0.416 e. The number of halogens is 4. The van der Waals surface area contributed by atoms with Crippen LogP contribution in [-0.2, 0) is 6.18 Å². The maximum atomic E-state index is 13.0. The number of nitrogens with two attached hydrogens (primary N) is 1. The molecule has 0 spiro atoms. The molecule has 0 saturated heterocycles. The number of primary amides is 1. The Bertz CT molecular complexity index is 411. The van der Waals surface area contributed by atoms with Gasteiger partial charge in [-0.15, -0.1) is 0 Å². The fraction of sp³-hybridized carbons (Fsp3) is 0.222. The Morgan fingerprint density at radius 3 is 2.27 bits per heavy atom. The fourth-order valence-electron chi connectivity index (χ4n) is 1.17. The van der Waals surface area contributed by atoms with Gasteiger partial charge in [0, 0.05) is 0 Å². The number of hydrogen-bond acceptors (Lipinski definition) is 1. The summed E-state index contributed by atoms with van der Waals surface area (Å²) in [5, 5.41) is 0. The zero-order valence-electron chi connectivity index (χ0n) is 7.65. The number of amides is 1. The number of hydrogen-bond donors (Lipinski definition) is 1. The summed E-state index contributed by atoms with van der Waals surface area (Å²) in [4.78, 5) is 10.6. The summed E-state index contributed by atoms with van der Waals surface area (Å²) in [6.07, 6.45) is -4.62. The van der Waals surface area contributed by atoms with Crippen molar-refractivity contribution in [1.82, 2.24) is 0 Å². The van der Waals surface area contributed by atoms with Gasteiger partial charge in [-0.05, 0) is 24.6 Å². The van der Waals surface area contributed by atoms with Crippen LogP contribution in [0.15, 0.2) is 12.1 Å². The SMILES string of the molecule is Cc1cc(F)c(C(N)=O)cc1C(F)(F)F. The zero-order valence-corrected chi connectivity index (χ0v) is 7.65. The lowest BCUT2D eigenvalue weighted by molar-refractivity contribution is -0.138. The number of alkyl halides is 3. The standard InChI is InChI=1S/C9H7F4NO/c1-4-2-7(10)5(8(14)15)3-6(4)9(11,12)13/h2-3H,1H3,(H2,14,15). The molecule has 2 nitrogen and oxygen atoms in total. The normalized spacial score (nSPS) is 11.5. The molecule has 1 aromatic rings. The van der Waals surface area contributed by atoms with E-state index in [9.17, 15) is 22.4 Å². The van der Waals surface area contributed by atoms with E-state index in [-0.39, 0.29) is 5.56 Å². The van der Waals surface area contributed by atoms with Crippen LogP contribution in [0.3, 0.4) is 0 Å². The summed E-state index contributed by atoms with van der Waals surface area (Å²) in [7, 11) is 0. The van der Waals surface area contributed by atoms with E-state index in [0.717, 1.165) is 6.92 Å². The lowest BCUT2D eigenvalue weighted by atomic mass is 10.0. The Labute approximate surface area is 82.7 Å². The highest BCUT2D eigenvalue weighted by Gasteiger charge is 2.33. The summed E-state index contributed by atoms with van der Waals surface area (Å²) in [6.45, 7) is 1.11. The van der Waals surface area contributed by atoms with Gasteiger partial charge in [0.15, 0.2) is 0 Å². The Morgan fingerprint density at radius 1 is 1.33 bits per heavy atom. The minimum atomic E-state index is -4.62. The monoisotopic (exact) mass is 221 g/mol. The van der Waals surface area contributed by atoms with E-state index in [4.69, 9.17) is 5.73 Å². The minimum absolute atomic E-state index is 0.287. The van der Waals surface area contributed by atoms with Gasteiger partial charge in [-0.3, -0.25) is 4.79 Å². The fourth-order valence-corrected chi connectivity index (χ4v) is 1.17. The molecule has 15 heavy (non-hydrogen) atoms. The highest BCUT2D eigenvalue weighted by atomic mass is 19.4. The number of rotatable bonds is 1. The second-order valence-electron chi connectivity index (χ2n) is 3.01. The third kappa shape index (κ3) is 2.26. The predicted molar refractivity (Wildman–Crippen MR) is 44.7 cm³/mol. The van der Waals surface area contributed by atoms with Crippen molar-refractivity contribution in [2.24, 2.45) is 5.73 Å². The van der Waals surface area contributed by atoms with Gasteiger partial charge >= 0.3 is 6.18 Å². The molecule has 1 amide bonds. The van der Waals surface area contributed by atoms with Crippen molar-refractivity contribution in [2.75, 3.05) is 0 Å². The van der Waals surface area contributed by atoms with Crippen molar-refractivity contribution >= 4 is 5.91 Å². The van der Waals surface area contributed by atoms with Crippen molar-refractivity contribution in [3.05, 3.63) is 34.6 Å². The molecule has 0 aliphatic heterocycles. The van der Waals surface area contributed by atoms with E-state index in [1.807, 2.05) is 0 Å². The molecule has 0 bridgehead atoms. The van der Waals surface area contributed by atoms with Crippen LogP contribution in [0.2, 0.25) is 0 Å². The van der Waals surface area contributed by atoms with Crippen LogP contribution in [-0.4, -0.2) is 5.91 Å². The van der Waals surface area contributed by atoms with Gasteiger partial charge in [0.2, 0.25) is 0 Å². The minimum Gasteiger partial charge on any atom is -0.366 e. The van der Waals surface area contributed by atoms with E-state index in [1.165, 1.54) is 0 Å². The van der Waals surface area contributed by atoms with Gasteiger partial charge in [0.1, 0.15) is 5.82 Å². The van der Waals surface area contributed by atoms with Gasteiger partial charge in [0.05, 0.1) is 11.1 Å². The van der Waals surface area contributed by atoms with Crippen LogP contribution < -0.4 is 5.73 Å². The summed E-state index contributed by atoms with van der Waals surface area (Å²) in [6, 6.07) is 1.07. The summed E-state index contributed by atoms with van der Waals surface area (Å²) in [5.74, 6) is -2.27. The Hall–Kier alpha value is -1.59. The van der Waals surface area contributed by atoms with E-state index in [1.54, 1.807) is 0 Å². The van der Waals surface area contributed by atoms with Crippen molar-refractivity contribution in [2.45, 2.75) is 13.1 Å². The molecule has 0 unspecified atom stereocenters. The van der Waals surface area contributed by atoms with Crippen LogP contribution in [0.1, 0.15) is 21.5 Å². The molecule has 0 heterocycles. The van der Waals surface area contributed by atoms with Crippen LogP contribution in [0, 0.1) is 12.7 Å². The van der Waals surface area contributed by atoms with Crippen LogP contribution >= 0.6 is 0 Å². The quantitative estimate of drug-likeness (QED) is 0.726. The van der Waals surface area contributed by atoms with Gasteiger partial charge in [-0.25, -0.2) is 4.39 Å². The zero-order chi connectivity index (χ0) is 11.8. The molecule has 0 aliphatic rings. The second kappa shape index (κ2) is 3.52. The molecule has 82 valence electrons. The smallest absolute Gasteiger partial charge is 0.366 e. The Balaban J connectivity index is 3.43.